The SMILES string of the molecule is Cc1cc(OCCN2C(=O)C(=O)c3cccc(Cl)c32)ccc1Cl. The molecule has 1 amide bonds. The van der Waals surface area contributed by atoms with Gasteiger partial charge in [0.25, 0.3) is 11.7 Å². The normalized spacial score (nSPS) is 13.4. The van der Waals surface area contributed by atoms with Crippen molar-refractivity contribution in [3.05, 3.63) is 57.6 Å². The van der Waals surface area contributed by atoms with Crippen molar-refractivity contribution in [3.63, 3.8) is 0 Å². The lowest BCUT2D eigenvalue weighted by Crippen LogP contribution is -2.33. The molecule has 1 aliphatic heterocycles. The number of benzene rings is 2. The van der Waals surface area contributed by atoms with Crippen LogP contribution in [-0.4, -0.2) is 24.8 Å². The molecule has 2 aromatic carbocycles. The number of ether oxygens (including phenoxy) is 1. The van der Waals surface area contributed by atoms with Crippen molar-refractivity contribution < 1.29 is 14.3 Å². The molecule has 0 radical (unpaired) electrons. The number of fused-ring (bicyclic) bond motifs is 1. The van der Waals surface area contributed by atoms with Gasteiger partial charge in [-0.3, -0.25) is 14.5 Å². The number of carbonyl (C=O) groups is 2. The van der Waals surface area contributed by atoms with Crippen LogP contribution in [0.5, 0.6) is 5.75 Å². The zero-order valence-electron chi connectivity index (χ0n) is 12.3. The first-order valence-corrected chi connectivity index (χ1v) is 7.78. The van der Waals surface area contributed by atoms with E-state index in [1.807, 2.05) is 13.0 Å². The fraction of sp³-hybridized carbons (Fsp3) is 0.176. The number of aryl methyl sites for hydroxylation is 1. The highest BCUT2D eigenvalue weighted by Gasteiger charge is 2.37. The number of Topliss-reactive ketones (excluding diaryl/α,β-unsaturated/α-hetero) is 1. The van der Waals surface area contributed by atoms with E-state index in [9.17, 15) is 9.59 Å². The van der Waals surface area contributed by atoms with Crippen LogP contribution >= 0.6 is 23.2 Å². The summed E-state index contributed by atoms with van der Waals surface area (Å²) in [6.45, 7) is 2.36. The largest absolute Gasteiger partial charge is 0.492 e. The number of ketones is 1. The Labute approximate surface area is 143 Å². The van der Waals surface area contributed by atoms with Crippen LogP contribution in [0.2, 0.25) is 10.0 Å². The van der Waals surface area contributed by atoms with Crippen molar-refractivity contribution >= 4 is 40.6 Å². The molecule has 23 heavy (non-hydrogen) atoms. The summed E-state index contributed by atoms with van der Waals surface area (Å²) in [5, 5.41) is 1.04. The lowest BCUT2D eigenvalue weighted by atomic mass is 10.1. The van der Waals surface area contributed by atoms with Crippen LogP contribution in [0.15, 0.2) is 36.4 Å². The first-order valence-electron chi connectivity index (χ1n) is 7.02. The summed E-state index contributed by atoms with van der Waals surface area (Å²) in [4.78, 5) is 25.4. The minimum Gasteiger partial charge on any atom is -0.492 e. The van der Waals surface area contributed by atoms with Gasteiger partial charge in [0.15, 0.2) is 0 Å². The fourth-order valence-corrected chi connectivity index (χ4v) is 2.88. The molecule has 2 aromatic rings. The minimum absolute atomic E-state index is 0.239. The lowest BCUT2D eigenvalue weighted by Gasteiger charge is -2.18. The summed E-state index contributed by atoms with van der Waals surface area (Å²) < 4.78 is 5.64. The van der Waals surface area contributed by atoms with Gasteiger partial charge < -0.3 is 4.74 Å². The molecule has 0 aliphatic carbocycles. The molecule has 0 atom stereocenters. The molecule has 0 saturated heterocycles. The molecule has 1 heterocycles. The third-order valence-electron chi connectivity index (χ3n) is 3.65. The van der Waals surface area contributed by atoms with Gasteiger partial charge in [0.1, 0.15) is 12.4 Å². The quantitative estimate of drug-likeness (QED) is 0.786. The smallest absolute Gasteiger partial charge is 0.299 e. The summed E-state index contributed by atoms with van der Waals surface area (Å²) in [6, 6.07) is 10.2. The lowest BCUT2D eigenvalue weighted by molar-refractivity contribution is -0.114. The van der Waals surface area contributed by atoms with E-state index >= 15 is 0 Å². The van der Waals surface area contributed by atoms with Crippen molar-refractivity contribution in [1.82, 2.24) is 0 Å². The predicted octanol–water partition coefficient (Wildman–Crippen LogP) is 3.91. The molecule has 0 bridgehead atoms. The number of halogens is 2. The van der Waals surface area contributed by atoms with Gasteiger partial charge in [-0.05, 0) is 42.8 Å². The maximum Gasteiger partial charge on any atom is 0.299 e. The van der Waals surface area contributed by atoms with Gasteiger partial charge in [-0.15, -0.1) is 0 Å². The van der Waals surface area contributed by atoms with Crippen LogP contribution in [0.25, 0.3) is 0 Å². The highest BCUT2D eigenvalue weighted by Crippen LogP contribution is 2.35. The Bertz CT molecular complexity index is 804. The maximum atomic E-state index is 12.1. The molecule has 118 valence electrons. The predicted molar refractivity (Wildman–Crippen MR) is 89.8 cm³/mol. The van der Waals surface area contributed by atoms with Crippen molar-refractivity contribution in [2.75, 3.05) is 18.1 Å². The van der Waals surface area contributed by atoms with E-state index in [-0.39, 0.29) is 13.2 Å². The second-order valence-corrected chi connectivity index (χ2v) is 6.00. The number of amides is 1. The van der Waals surface area contributed by atoms with Gasteiger partial charge in [-0.1, -0.05) is 29.3 Å². The summed E-state index contributed by atoms with van der Waals surface area (Å²) in [6.07, 6.45) is 0. The number of hydrogen-bond acceptors (Lipinski definition) is 3. The average Bonchev–Trinajstić information content (AvgIpc) is 2.77. The van der Waals surface area contributed by atoms with Crippen LogP contribution in [0.3, 0.4) is 0 Å². The zero-order valence-corrected chi connectivity index (χ0v) is 13.8. The van der Waals surface area contributed by atoms with Crippen molar-refractivity contribution in [2.45, 2.75) is 6.92 Å². The molecule has 6 heteroatoms. The van der Waals surface area contributed by atoms with Crippen LogP contribution in [0.4, 0.5) is 5.69 Å². The number of para-hydroxylation sites is 1. The molecule has 3 rings (SSSR count). The van der Waals surface area contributed by atoms with Gasteiger partial charge in [0, 0.05) is 5.02 Å². The monoisotopic (exact) mass is 349 g/mol. The summed E-state index contributed by atoms with van der Waals surface area (Å²) in [5.74, 6) is -0.460. The average molecular weight is 350 g/mol. The topological polar surface area (TPSA) is 46.6 Å². The van der Waals surface area contributed by atoms with Gasteiger partial charge >= 0.3 is 0 Å². The number of anilines is 1. The Balaban J connectivity index is 1.73. The van der Waals surface area contributed by atoms with Gasteiger partial charge in [-0.2, -0.15) is 0 Å². The van der Waals surface area contributed by atoms with Gasteiger partial charge in [-0.25, -0.2) is 0 Å². The van der Waals surface area contributed by atoms with E-state index in [4.69, 9.17) is 27.9 Å². The number of hydrogen-bond donors (Lipinski definition) is 0. The molecule has 0 N–H and O–H groups in total. The van der Waals surface area contributed by atoms with E-state index in [0.29, 0.717) is 27.0 Å². The second kappa shape index (κ2) is 6.22. The van der Waals surface area contributed by atoms with E-state index in [0.717, 1.165) is 5.56 Å². The number of rotatable bonds is 4. The Morgan fingerprint density at radius 2 is 1.87 bits per heavy atom. The Morgan fingerprint density at radius 3 is 2.61 bits per heavy atom. The summed E-state index contributed by atoms with van der Waals surface area (Å²) in [5.41, 5.74) is 1.70. The molecule has 4 nitrogen and oxygen atoms in total. The Hall–Kier alpha value is -2.04. The first-order chi connectivity index (χ1) is 11.0. The fourth-order valence-electron chi connectivity index (χ4n) is 2.49. The van der Waals surface area contributed by atoms with Crippen LogP contribution in [-0.2, 0) is 4.79 Å². The zero-order chi connectivity index (χ0) is 16.6. The molecular formula is C17H13Cl2NO3. The van der Waals surface area contributed by atoms with Gasteiger partial charge in [0.2, 0.25) is 0 Å². The van der Waals surface area contributed by atoms with E-state index in [1.54, 1.807) is 30.3 Å². The Morgan fingerprint density at radius 1 is 1.09 bits per heavy atom. The third kappa shape index (κ3) is 2.92. The summed E-state index contributed by atoms with van der Waals surface area (Å²) >= 11 is 12.1. The second-order valence-electron chi connectivity index (χ2n) is 5.18. The van der Waals surface area contributed by atoms with Crippen molar-refractivity contribution in [2.24, 2.45) is 0 Å². The molecule has 1 aliphatic rings. The van der Waals surface area contributed by atoms with Gasteiger partial charge in [0.05, 0.1) is 22.8 Å². The van der Waals surface area contributed by atoms with Crippen LogP contribution < -0.4 is 9.64 Å². The highest BCUT2D eigenvalue weighted by atomic mass is 35.5. The number of carbonyl (C=O) groups excluding carboxylic acids is 2. The van der Waals surface area contributed by atoms with Crippen molar-refractivity contribution in [3.8, 4) is 5.75 Å². The molecule has 0 aromatic heterocycles. The summed E-state index contributed by atoms with van der Waals surface area (Å²) in [7, 11) is 0. The molecule has 0 unspecified atom stereocenters. The molecular weight excluding hydrogens is 337 g/mol. The molecule has 0 spiro atoms. The maximum absolute atomic E-state index is 12.1. The van der Waals surface area contributed by atoms with E-state index in [2.05, 4.69) is 0 Å². The third-order valence-corrected chi connectivity index (χ3v) is 4.38. The standard InChI is InChI=1S/C17H13Cl2NO3/c1-10-9-11(5-6-13(10)18)23-8-7-20-15-12(16(21)17(20)22)3-2-4-14(15)19/h2-6,9H,7-8H2,1H3. The van der Waals surface area contributed by atoms with Crippen molar-refractivity contribution in [1.29, 1.82) is 0 Å². The molecule has 0 fully saturated rings. The highest BCUT2D eigenvalue weighted by molar-refractivity contribution is 6.54. The number of nitrogens with zero attached hydrogens (tertiary/aromatic N) is 1. The van der Waals surface area contributed by atoms with Crippen LogP contribution in [0, 0.1) is 6.92 Å². The minimum atomic E-state index is -0.580. The van der Waals surface area contributed by atoms with E-state index in [1.165, 1.54) is 4.90 Å². The van der Waals surface area contributed by atoms with E-state index < -0.39 is 11.7 Å². The molecule has 0 saturated carbocycles. The Kier molecular flexibility index (Phi) is 4.28. The van der Waals surface area contributed by atoms with Crippen LogP contribution in [0.1, 0.15) is 15.9 Å². The first kappa shape index (κ1) is 15.8.